The Morgan fingerprint density at radius 2 is 1.81 bits per heavy atom. The first-order chi connectivity index (χ1) is 16.8. The van der Waals surface area contributed by atoms with E-state index in [1.165, 1.54) is 18.2 Å². The summed E-state index contributed by atoms with van der Waals surface area (Å²) in [5.74, 6) is -2.56. The van der Waals surface area contributed by atoms with Crippen LogP contribution in [0.3, 0.4) is 0 Å². The number of carbonyl (C=O) groups is 2. The number of hydrogen-bond donors (Lipinski definition) is 1. The van der Waals surface area contributed by atoms with Crippen molar-refractivity contribution in [3.05, 3.63) is 64.2 Å². The number of benzene rings is 2. The minimum absolute atomic E-state index is 0.0379. The predicted octanol–water partition coefficient (Wildman–Crippen LogP) is 2.74. The van der Waals surface area contributed by atoms with Crippen LogP contribution in [-0.2, 0) is 32.6 Å². The summed E-state index contributed by atoms with van der Waals surface area (Å²) in [5.41, 5.74) is 0.987. The predicted molar refractivity (Wildman–Crippen MR) is 131 cm³/mol. The molecule has 3 rings (SSSR count). The van der Waals surface area contributed by atoms with Gasteiger partial charge in [0.1, 0.15) is 5.75 Å². The van der Waals surface area contributed by atoms with Crippen molar-refractivity contribution in [1.29, 1.82) is 0 Å². The Bertz CT molecular complexity index is 1240. The number of piperazine rings is 1. The Kier molecular flexibility index (Phi) is 8.91. The Morgan fingerprint density at radius 3 is 2.47 bits per heavy atom. The number of rotatable bonds is 8. The standard InChI is InChI=1S/C24H28ClF2N3O5S/c1-15-12-30(16(2)11-29(15)13-17-4-6-20(26)21(27)8-17)24(32)14-35-22-7-5-19(25)9-18(22)10-23(31)28-36(3,33)34/h4-9,15-16H,10-14H2,1-3H3,(H,28,31)/t15-,16+/m0/s1. The van der Waals surface area contributed by atoms with Crippen LogP contribution >= 0.6 is 11.6 Å². The molecule has 0 saturated carbocycles. The van der Waals surface area contributed by atoms with E-state index in [-0.39, 0.29) is 36.8 Å². The molecular weight excluding hydrogens is 516 g/mol. The van der Waals surface area contributed by atoms with E-state index >= 15 is 0 Å². The molecular formula is C24H28ClF2N3O5S. The van der Waals surface area contributed by atoms with Crippen LogP contribution in [0.15, 0.2) is 36.4 Å². The monoisotopic (exact) mass is 543 g/mol. The van der Waals surface area contributed by atoms with Gasteiger partial charge >= 0.3 is 0 Å². The fourth-order valence-corrected chi connectivity index (χ4v) is 4.78. The Morgan fingerprint density at radius 1 is 1.08 bits per heavy atom. The summed E-state index contributed by atoms with van der Waals surface area (Å²) in [6.07, 6.45) is 0.575. The maximum Gasteiger partial charge on any atom is 0.260 e. The zero-order valence-corrected chi connectivity index (χ0v) is 21.7. The van der Waals surface area contributed by atoms with Gasteiger partial charge in [-0.25, -0.2) is 17.2 Å². The molecule has 12 heteroatoms. The van der Waals surface area contributed by atoms with Crippen LogP contribution in [0.1, 0.15) is 25.0 Å². The molecule has 8 nitrogen and oxygen atoms in total. The Labute approximate surface area is 214 Å². The quantitative estimate of drug-likeness (QED) is 0.550. The molecule has 0 unspecified atom stereocenters. The first-order valence-corrected chi connectivity index (χ1v) is 13.5. The molecule has 1 heterocycles. The number of nitrogens with zero attached hydrogens (tertiary/aromatic N) is 2. The Balaban J connectivity index is 1.61. The minimum Gasteiger partial charge on any atom is -0.483 e. The van der Waals surface area contributed by atoms with E-state index in [0.717, 1.165) is 12.3 Å². The van der Waals surface area contributed by atoms with E-state index in [2.05, 4.69) is 4.90 Å². The van der Waals surface area contributed by atoms with Crippen LogP contribution in [0, 0.1) is 11.6 Å². The molecule has 0 aliphatic carbocycles. The topological polar surface area (TPSA) is 96.0 Å². The summed E-state index contributed by atoms with van der Waals surface area (Å²) in [7, 11) is -3.72. The summed E-state index contributed by atoms with van der Waals surface area (Å²) in [6.45, 7) is 4.92. The van der Waals surface area contributed by atoms with Crippen molar-refractivity contribution in [2.45, 2.75) is 38.9 Å². The maximum atomic E-state index is 13.6. The summed E-state index contributed by atoms with van der Waals surface area (Å²) < 4.78 is 57.0. The van der Waals surface area contributed by atoms with Crippen molar-refractivity contribution in [3.63, 3.8) is 0 Å². The second-order valence-electron chi connectivity index (χ2n) is 8.94. The third-order valence-electron chi connectivity index (χ3n) is 5.83. The molecule has 2 aromatic rings. The molecule has 2 atom stereocenters. The number of ether oxygens (including phenoxy) is 1. The van der Waals surface area contributed by atoms with Gasteiger partial charge in [-0.3, -0.25) is 19.2 Å². The fraction of sp³-hybridized carbons (Fsp3) is 0.417. The number of hydrogen-bond acceptors (Lipinski definition) is 6. The van der Waals surface area contributed by atoms with Crippen LogP contribution in [0.4, 0.5) is 8.78 Å². The zero-order chi connectivity index (χ0) is 26.6. The number of amides is 2. The summed E-state index contributed by atoms with van der Waals surface area (Å²) in [5, 5.41) is 0.329. The van der Waals surface area contributed by atoms with Crippen LogP contribution in [-0.4, -0.2) is 68.1 Å². The van der Waals surface area contributed by atoms with Crippen LogP contribution in [0.5, 0.6) is 5.75 Å². The molecule has 196 valence electrons. The number of halogens is 3. The van der Waals surface area contributed by atoms with E-state index in [1.807, 2.05) is 18.6 Å². The van der Waals surface area contributed by atoms with Crippen LogP contribution in [0.2, 0.25) is 5.02 Å². The van der Waals surface area contributed by atoms with Crippen molar-refractivity contribution < 1.29 is 31.5 Å². The fourth-order valence-electron chi connectivity index (χ4n) is 4.10. The van der Waals surface area contributed by atoms with Gasteiger partial charge in [-0.1, -0.05) is 17.7 Å². The summed E-state index contributed by atoms with van der Waals surface area (Å²) >= 11 is 6.02. The molecule has 0 radical (unpaired) electrons. The highest BCUT2D eigenvalue weighted by molar-refractivity contribution is 7.89. The first-order valence-electron chi connectivity index (χ1n) is 11.2. The third-order valence-corrected chi connectivity index (χ3v) is 6.66. The van der Waals surface area contributed by atoms with Crippen LogP contribution in [0.25, 0.3) is 0 Å². The SMILES string of the molecule is C[C@@H]1CN(Cc2ccc(F)c(F)c2)[C@@H](C)CN1C(=O)COc1ccc(Cl)cc1CC(=O)NS(C)(=O)=O. The van der Waals surface area contributed by atoms with Crippen LogP contribution < -0.4 is 9.46 Å². The molecule has 2 aromatic carbocycles. The van der Waals surface area contributed by atoms with Gasteiger partial charge in [-0.15, -0.1) is 0 Å². The summed E-state index contributed by atoms with van der Waals surface area (Å²) in [6, 6.07) is 8.17. The van der Waals surface area contributed by atoms with Gasteiger partial charge in [0.05, 0.1) is 12.7 Å². The molecule has 1 fully saturated rings. The zero-order valence-electron chi connectivity index (χ0n) is 20.1. The minimum atomic E-state index is -3.72. The maximum absolute atomic E-state index is 13.6. The largest absolute Gasteiger partial charge is 0.483 e. The molecule has 0 aromatic heterocycles. The third kappa shape index (κ3) is 7.62. The molecule has 1 N–H and O–H groups in total. The van der Waals surface area contributed by atoms with E-state index in [4.69, 9.17) is 16.3 Å². The summed E-state index contributed by atoms with van der Waals surface area (Å²) in [4.78, 5) is 28.8. The molecule has 36 heavy (non-hydrogen) atoms. The number of carbonyl (C=O) groups excluding carboxylic acids is 2. The van der Waals surface area contributed by atoms with Gasteiger partial charge in [0.15, 0.2) is 18.2 Å². The van der Waals surface area contributed by atoms with Gasteiger partial charge in [0, 0.05) is 42.3 Å². The van der Waals surface area contributed by atoms with E-state index in [9.17, 15) is 26.8 Å². The highest BCUT2D eigenvalue weighted by Crippen LogP contribution is 2.25. The number of sulfonamides is 1. The lowest BCUT2D eigenvalue weighted by Gasteiger charge is -2.44. The average molecular weight is 544 g/mol. The van der Waals surface area contributed by atoms with Gasteiger partial charge in [-0.05, 0) is 49.7 Å². The van der Waals surface area contributed by atoms with Crippen molar-refractivity contribution >= 4 is 33.4 Å². The van der Waals surface area contributed by atoms with Gasteiger partial charge in [-0.2, -0.15) is 0 Å². The normalized spacial score (nSPS) is 18.7. The second kappa shape index (κ2) is 11.5. The van der Waals surface area contributed by atoms with E-state index < -0.39 is 27.6 Å². The first kappa shape index (κ1) is 27.8. The lowest BCUT2D eigenvalue weighted by atomic mass is 10.1. The van der Waals surface area contributed by atoms with Crippen molar-refractivity contribution in [2.24, 2.45) is 0 Å². The molecule has 1 aliphatic heterocycles. The Hall–Kier alpha value is -2.76. The molecule has 0 bridgehead atoms. The van der Waals surface area contributed by atoms with Crippen molar-refractivity contribution in [1.82, 2.24) is 14.5 Å². The second-order valence-corrected chi connectivity index (χ2v) is 11.1. The average Bonchev–Trinajstić information content (AvgIpc) is 2.76. The molecule has 0 spiro atoms. The molecule has 2 amide bonds. The highest BCUT2D eigenvalue weighted by Gasteiger charge is 2.32. The number of nitrogens with one attached hydrogen (secondary N) is 1. The van der Waals surface area contributed by atoms with Crippen molar-refractivity contribution in [3.8, 4) is 5.75 Å². The lowest BCUT2D eigenvalue weighted by molar-refractivity contribution is -0.139. The molecule has 1 aliphatic rings. The smallest absolute Gasteiger partial charge is 0.260 e. The van der Waals surface area contributed by atoms with Crippen molar-refractivity contribution in [2.75, 3.05) is 26.0 Å². The lowest BCUT2D eigenvalue weighted by Crippen LogP contribution is -2.58. The highest BCUT2D eigenvalue weighted by atomic mass is 35.5. The van der Waals surface area contributed by atoms with Gasteiger partial charge in [0.25, 0.3) is 5.91 Å². The van der Waals surface area contributed by atoms with E-state index in [0.29, 0.717) is 35.8 Å². The van der Waals surface area contributed by atoms with Gasteiger partial charge < -0.3 is 9.64 Å². The molecule has 1 saturated heterocycles. The van der Waals surface area contributed by atoms with Gasteiger partial charge in [0.2, 0.25) is 15.9 Å². The van der Waals surface area contributed by atoms with E-state index in [1.54, 1.807) is 17.0 Å².